The van der Waals surface area contributed by atoms with Crippen LogP contribution in [0.25, 0.3) is 0 Å². The van der Waals surface area contributed by atoms with Gasteiger partial charge in [0.05, 0.1) is 18.8 Å². The number of carbonyl (C=O) groups is 2. The molecule has 1 aliphatic heterocycles. The van der Waals surface area contributed by atoms with E-state index < -0.39 is 0 Å². The lowest BCUT2D eigenvalue weighted by molar-refractivity contribution is 0.157. The summed E-state index contributed by atoms with van der Waals surface area (Å²) >= 11 is 0. The van der Waals surface area contributed by atoms with Crippen molar-refractivity contribution in [3.8, 4) is 0 Å². The SMILES string of the molecule is CCCN(C(=O)NCC)C(=O)NCCCNCC(O)CCCC1CO1. The molecule has 25 heavy (non-hydrogen) atoms. The number of epoxide rings is 1. The second-order valence-corrected chi connectivity index (χ2v) is 6.32. The number of ether oxygens (including phenoxy) is 1. The standard InChI is InChI=1S/C17H34N4O4/c1-3-11-21(16(23)19-4-2)17(24)20-10-6-9-18-12-14(22)7-5-8-15-13-25-15/h14-15,18,22H,3-13H2,1-2H3,(H,19,23)(H,20,24). The molecule has 1 aliphatic rings. The van der Waals surface area contributed by atoms with Crippen molar-refractivity contribution in [2.24, 2.45) is 0 Å². The fraction of sp³-hybridized carbons (Fsp3) is 0.882. The average Bonchev–Trinajstić information content (AvgIpc) is 3.40. The highest BCUT2D eigenvalue weighted by atomic mass is 16.6. The predicted octanol–water partition coefficient (Wildman–Crippen LogP) is 1.05. The van der Waals surface area contributed by atoms with Gasteiger partial charge in [-0.1, -0.05) is 6.92 Å². The minimum atomic E-state index is -0.366. The van der Waals surface area contributed by atoms with Crippen molar-refractivity contribution in [2.75, 3.05) is 39.3 Å². The van der Waals surface area contributed by atoms with Gasteiger partial charge in [0, 0.05) is 26.2 Å². The largest absolute Gasteiger partial charge is 0.392 e. The second kappa shape index (κ2) is 12.9. The zero-order chi connectivity index (χ0) is 18.5. The van der Waals surface area contributed by atoms with Gasteiger partial charge in [0.25, 0.3) is 0 Å². The van der Waals surface area contributed by atoms with Gasteiger partial charge in [-0.3, -0.25) is 0 Å². The third-order valence-corrected chi connectivity index (χ3v) is 3.92. The number of imide groups is 1. The lowest BCUT2D eigenvalue weighted by atomic mass is 10.1. The molecule has 8 nitrogen and oxygen atoms in total. The van der Waals surface area contributed by atoms with Crippen molar-refractivity contribution in [2.45, 2.75) is 58.2 Å². The molecule has 1 saturated heterocycles. The predicted molar refractivity (Wildman–Crippen MR) is 96.6 cm³/mol. The van der Waals surface area contributed by atoms with Crippen LogP contribution in [-0.2, 0) is 4.74 Å². The van der Waals surface area contributed by atoms with Crippen LogP contribution in [0.15, 0.2) is 0 Å². The molecule has 0 aliphatic carbocycles. The molecule has 0 aromatic rings. The van der Waals surface area contributed by atoms with Crippen LogP contribution in [0.2, 0.25) is 0 Å². The first-order valence-corrected chi connectivity index (χ1v) is 9.42. The number of amides is 4. The summed E-state index contributed by atoms with van der Waals surface area (Å²) in [6.45, 7) is 7.25. The van der Waals surface area contributed by atoms with Crippen molar-refractivity contribution >= 4 is 12.1 Å². The maximum Gasteiger partial charge on any atom is 0.325 e. The fourth-order valence-corrected chi connectivity index (χ4v) is 2.46. The molecule has 4 N–H and O–H groups in total. The number of aliphatic hydroxyl groups is 1. The Morgan fingerprint density at radius 3 is 2.56 bits per heavy atom. The van der Waals surface area contributed by atoms with Crippen molar-refractivity contribution < 1.29 is 19.4 Å². The van der Waals surface area contributed by atoms with E-state index >= 15 is 0 Å². The maximum absolute atomic E-state index is 12.1. The van der Waals surface area contributed by atoms with Crippen LogP contribution in [0.3, 0.4) is 0 Å². The Labute approximate surface area is 150 Å². The lowest BCUT2D eigenvalue weighted by Crippen LogP contribution is -2.49. The number of nitrogens with zero attached hydrogens (tertiary/aromatic N) is 1. The second-order valence-electron chi connectivity index (χ2n) is 6.32. The molecule has 146 valence electrons. The van der Waals surface area contributed by atoms with Gasteiger partial charge >= 0.3 is 12.1 Å². The molecule has 0 aromatic carbocycles. The first kappa shape index (κ1) is 21.7. The highest BCUT2D eigenvalue weighted by Gasteiger charge is 2.21. The summed E-state index contributed by atoms with van der Waals surface area (Å²) in [4.78, 5) is 25.1. The number of rotatable bonds is 13. The van der Waals surface area contributed by atoms with Crippen LogP contribution in [-0.4, -0.2) is 73.6 Å². The van der Waals surface area contributed by atoms with Gasteiger partial charge in [-0.05, 0) is 45.6 Å². The summed E-state index contributed by atoms with van der Waals surface area (Å²) in [5.74, 6) is 0. The molecule has 0 bridgehead atoms. The van der Waals surface area contributed by atoms with Crippen LogP contribution in [0.5, 0.6) is 0 Å². The maximum atomic E-state index is 12.1. The van der Waals surface area contributed by atoms with E-state index in [2.05, 4.69) is 16.0 Å². The molecule has 2 atom stereocenters. The van der Waals surface area contributed by atoms with E-state index in [4.69, 9.17) is 4.74 Å². The molecule has 0 aromatic heterocycles. The highest BCUT2D eigenvalue weighted by molar-refractivity contribution is 5.93. The molecule has 1 heterocycles. The molecular weight excluding hydrogens is 324 g/mol. The van der Waals surface area contributed by atoms with Gasteiger partial charge in [0.15, 0.2) is 0 Å². The van der Waals surface area contributed by atoms with E-state index in [-0.39, 0.29) is 18.2 Å². The summed E-state index contributed by atoms with van der Waals surface area (Å²) in [6.07, 6.45) is 4.34. The summed E-state index contributed by atoms with van der Waals surface area (Å²) in [7, 11) is 0. The quantitative estimate of drug-likeness (QED) is 0.291. The Morgan fingerprint density at radius 1 is 1.20 bits per heavy atom. The van der Waals surface area contributed by atoms with Gasteiger partial charge in [-0.15, -0.1) is 0 Å². The van der Waals surface area contributed by atoms with Crippen LogP contribution in [0.4, 0.5) is 9.59 Å². The zero-order valence-electron chi connectivity index (χ0n) is 15.6. The molecule has 0 radical (unpaired) electrons. The van der Waals surface area contributed by atoms with E-state index in [0.717, 1.165) is 38.7 Å². The average molecular weight is 358 g/mol. The summed E-state index contributed by atoms with van der Waals surface area (Å²) in [6, 6.07) is -0.727. The Bertz CT molecular complexity index is 391. The smallest absolute Gasteiger partial charge is 0.325 e. The van der Waals surface area contributed by atoms with Crippen molar-refractivity contribution in [3.05, 3.63) is 0 Å². The zero-order valence-corrected chi connectivity index (χ0v) is 15.6. The van der Waals surface area contributed by atoms with Crippen molar-refractivity contribution in [1.29, 1.82) is 0 Å². The molecular formula is C17H34N4O4. The van der Waals surface area contributed by atoms with Crippen LogP contribution < -0.4 is 16.0 Å². The highest BCUT2D eigenvalue weighted by Crippen LogP contribution is 2.16. The Hall–Kier alpha value is -1.38. The van der Waals surface area contributed by atoms with Crippen molar-refractivity contribution in [1.82, 2.24) is 20.9 Å². The number of hydrogen-bond donors (Lipinski definition) is 4. The fourth-order valence-electron chi connectivity index (χ4n) is 2.46. The van der Waals surface area contributed by atoms with Crippen LogP contribution in [0, 0.1) is 0 Å². The number of hydrogen-bond acceptors (Lipinski definition) is 5. The minimum Gasteiger partial charge on any atom is -0.392 e. The molecule has 2 unspecified atom stereocenters. The number of aliphatic hydroxyl groups excluding tert-OH is 1. The third kappa shape index (κ3) is 10.3. The van der Waals surface area contributed by atoms with E-state index in [0.29, 0.717) is 38.8 Å². The molecule has 8 heteroatoms. The molecule has 4 amide bonds. The first-order valence-electron chi connectivity index (χ1n) is 9.42. The topological polar surface area (TPSA) is 106 Å². The number of urea groups is 2. The van der Waals surface area contributed by atoms with Crippen molar-refractivity contribution in [3.63, 3.8) is 0 Å². The Kier molecular flexibility index (Phi) is 11.2. The Balaban J connectivity index is 2.04. The van der Waals surface area contributed by atoms with Gasteiger partial charge in [-0.25, -0.2) is 14.5 Å². The van der Waals surface area contributed by atoms with Crippen LogP contribution >= 0.6 is 0 Å². The van der Waals surface area contributed by atoms with Gasteiger partial charge in [0.2, 0.25) is 0 Å². The van der Waals surface area contributed by atoms with Gasteiger partial charge in [0.1, 0.15) is 0 Å². The summed E-state index contributed by atoms with van der Waals surface area (Å²) < 4.78 is 5.14. The van der Waals surface area contributed by atoms with Gasteiger partial charge < -0.3 is 25.8 Å². The number of carbonyl (C=O) groups excluding carboxylic acids is 2. The Morgan fingerprint density at radius 2 is 1.92 bits per heavy atom. The molecule has 1 rings (SSSR count). The van der Waals surface area contributed by atoms with Crippen LogP contribution in [0.1, 0.15) is 46.0 Å². The normalized spacial score (nSPS) is 17.0. The lowest BCUT2D eigenvalue weighted by Gasteiger charge is -2.20. The minimum absolute atomic E-state index is 0.342. The van der Waals surface area contributed by atoms with E-state index in [1.165, 1.54) is 4.90 Å². The van der Waals surface area contributed by atoms with E-state index in [1.54, 1.807) is 0 Å². The molecule has 0 spiro atoms. The molecule has 0 saturated carbocycles. The van der Waals surface area contributed by atoms with E-state index in [9.17, 15) is 14.7 Å². The number of nitrogens with one attached hydrogen (secondary N) is 3. The first-order chi connectivity index (χ1) is 12.1. The van der Waals surface area contributed by atoms with E-state index in [1.807, 2.05) is 13.8 Å². The van der Waals surface area contributed by atoms with Gasteiger partial charge in [-0.2, -0.15) is 0 Å². The summed E-state index contributed by atoms with van der Waals surface area (Å²) in [5.41, 5.74) is 0. The molecule has 1 fully saturated rings. The monoisotopic (exact) mass is 358 g/mol. The third-order valence-electron chi connectivity index (χ3n) is 3.92. The summed E-state index contributed by atoms with van der Waals surface area (Å²) in [5, 5.41) is 18.4.